The zero-order valence-corrected chi connectivity index (χ0v) is 14.4. The third-order valence-corrected chi connectivity index (χ3v) is 5.31. The first-order valence-corrected chi connectivity index (χ1v) is 8.62. The minimum Gasteiger partial charge on any atom is -0.476 e. The zero-order chi connectivity index (χ0) is 18.3. The van der Waals surface area contributed by atoms with Crippen molar-refractivity contribution in [2.75, 3.05) is 0 Å². The lowest BCUT2D eigenvalue weighted by molar-refractivity contribution is -0.135. The summed E-state index contributed by atoms with van der Waals surface area (Å²) in [6.45, 7) is 1.90. The van der Waals surface area contributed by atoms with Gasteiger partial charge in [-0.1, -0.05) is 61.5 Å². The van der Waals surface area contributed by atoms with Crippen molar-refractivity contribution in [2.24, 2.45) is 5.73 Å². The highest BCUT2D eigenvalue weighted by Gasteiger charge is 2.50. The van der Waals surface area contributed by atoms with Crippen LogP contribution < -0.4 is 10.5 Å². The molecule has 1 aliphatic heterocycles. The molecule has 1 heterocycles. The van der Waals surface area contributed by atoms with Gasteiger partial charge in [0.2, 0.25) is 5.60 Å². The molecule has 130 valence electrons. The molecule has 0 spiro atoms. The maximum absolute atomic E-state index is 12.7. The predicted octanol–water partition coefficient (Wildman–Crippen LogP) is 3.83. The number of nitrogens with two attached hydrogens (primary N) is 1. The molecule has 1 aliphatic rings. The minimum atomic E-state index is -1.41. The summed E-state index contributed by atoms with van der Waals surface area (Å²) in [6.07, 6.45) is -0.0657. The van der Waals surface area contributed by atoms with Crippen LogP contribution >= 0.6 is 0 Å². The Morgan fingerprint density at radius 3 is 2.54 bits per heavy atom. The molecular formula is C22H19NO3. The standard InChI is InChI=1S/C22H19NO3/c1-14(16-11-6-8-15-7-2-3-9-17(15)16)22(21(23)25)13-19(24)18-10-4-5-12-20(18)26-22/h2-12,14H,13H2,1H3,(H2,23,25)/t14-,22?/m1/s1. The van der Waals surface area contributed by atoms with Gasteiger partial charge in [-0.2, -0.15) is 0 Å². The Hall–Kier alpha value is -3.14. The Balaban J connectivity index is 1.87. The molecule has 0 aliphatic carbocycles. The number of rotatable bonds is 3. The highest BCUT2D eigenvalue weighted by molar-refractivity contribution is 6.05. The molecule has 0 aromatic heterocycles. The van der Waals surface area contributed by atoms with Gasteiger partial charge >= 0.3 is 0 Å². The molecule has 1 amide bonds. The van der Waals surface area contributed by atoms with Crippen molar-refractivity contribution in [1.82, 2.24) is 0 Å². The first-order chi connectivity index (χ1) is 12.5. The second kappa shape index (κ2) is 5.99. The number of Topliss-reactive ketones (excluding diaryl/α,β-unsaturated/α-hetero) is 1. The van der Waals surface area contributed by atoms with Crippen molar-refractivity contribution in [1.29, 1.82) is 0 Å². The van der Waals surface area contributed by atoms with E-state index < -0.39 is 11.5 Å². The van der Waals surface area contributed by atoms with Crippen molar-refractivity contribution in [2.45, 2.75) is 24.9 Å². The number of carbonyl (C=O) groups excluding carboxylic acids is 2. The van der Waals surface area contributed by atoms with E-state index >= 15 is 0 Å². The molecule has 3 aromatic rings. The van der Waals surface area contributed by atoms with Crippen molar-refractivity contribution in [3.8, 4) is 5.75 Å². The smallest absolute Gasteiger partial charge is 0.262 e. The van der Waals surface area contributed by atoms with E-state index in [1.54, 1.807) is 24.3 Å². The van der Waals surface area contributed by atoms with Gasteiger partial charge in [0.1, 0.15) is 5.75 Å². The number of ketones is 1. The number of para-hydroxylation sites is 1. The van der Waals surface area contributed by atoms with Crippen LogP contribution in [0.1, 0.15) is 35.2 Å². The van der Waals surface area contributed by atoms with Crippen LogP contribution in [0.3, 0.4) is 0 Å². The van der Waals surface area contributed by atoms with Gasteiger partial charge in [0.15, 0.2) is 5.78 Å². The van der Waals surface area contributed by atoms with Gasteiger partial charge in [0.05, 0.1) is 12.0 Å². The van der Waals surface area contributed by atoms with Crippen LogP contribution in [0.25, 0.3) is 10.8 Å². The Labute approximate surface area is 151 Å². The van der Waals surface area contributed by atoms with E-state index in [2.05, 4.69) is 0 Å². The number of hydrogen-bond acceptors (Lipinski definition) is 3. The second-order valence-electron chi connectivity index (χ2n) is 6.74. The summed E-state index contributed by atoms with van der Waals surface area (Å²) >= 11 is 0. The van der Waals surface area contributed by atoms with Crippen molar-refractivity contribution in [3.05, 3.63) is 77.9 Å². The molecule has 0 fully saturated rings. The van der Waals surface area contributed by atoms with E-state index in [1.807, 2.05) is 49.4 Å². The number of carbonyl (C=O) groups is 2. The number of benzene rings is 3. The van der Waals surface area contributed by atoms with Crippen molar-refractivity contribution in [3.63, 3.8) is 0 Å². The highest BCUT2D eigenvalue weighted by Crippen LogP contribution is 2.43. The first kappa shape index (κ1) is 16.3. The van der Waals surface area contributed by atoms with Gasteiger partial charge in [-0.3, -0.25) is 9.59 Å². The summed E-state index contributed by atoms with van der Waals surface area (Å²) < 4.78 is 6.12. The van der Waals surface area contributed by atoms with Crippen LogP contribution in [0.2, 0.25) is 0 Å². The number of ether oxygens (including phenoxy) is 1. The van der Waals surface area contributed by atoms with E-state index in [-0.39, 0.29) is 18.1 Å². The Morgan fingerprint density at radius 1 is 1.04 bits per heavy atom. The lowest BCUT2D eigenvalue weighted by Crippen LogP contribution is -2.56. The van der Waals surface area contributed by atoms with Crippen LogP contribution in [0, 0.1) is 0 Å². The van der Waals surface area contributed by atoms with E-state index in [1.165, 1.54) is 0 Å². The largest absolute Gasteiger partial charge is 0.476 e. The molecule has 4 heteroatoms. The van der Waals surface area contributed by atoms with Crippen LogP contribution in [0.15, 0.2) is 66.7 Å². The maximum atomic E-state index is 12.7. The van der Waals surface area contributed by atoms with Crippen LogP contribution in [-0.2, 0) is 4.79 Å². The lowest BCUT2D eigenvalue weighted by atomic mass is 9.75. The molecule has 3 aromatic carbocycles. The Morgan fingerprint density at radius 2 is 1.73 bits per heavy atom. The van der Waals surface area contributed by atoms with Crippen molar-refractivity contribution >= 4 is 22.5 Å². The summed E-state index contributed by atoms with van der Waals surface area (Å²) in [5, 5.41) is 2.09. The van der Waals surface area contributed by atoms with Gasteiger partial charge in [-0.25, -0.2) is 0 Å². The summed E-state index contributed by atoms with van der Waals surface area (Å²) in [7, 11) is 0. The zero-order valence-electron chi connectivity index (χ0n) is 14.4. The molecule has 1 unspecified atom stereocenters. The highest BCUT2D eigenvalue weighted by atomic mass is 16.5. The van der Waals surface area contributed by atoms with E-state index in [0.717, 1.165) is 16.3 Å². The minimum absolute atomic E-state index is 0.0657. The average Bonchev–Trinajstić information content (AvgIpc) is 2.66. The van der Waals surface area contributed by atoms with E-state index in [9.17, 15) is 9.59 Å². The summed E-state index contributed by atoms with van der Waals surface area (Å²) in [5.74, 6) is -0.725. The SMILES string of the molecule is C[C@H](c1cccc2ccccc12)C1(C(N)=O)CC(=O)c2ccccc2O1. The fourth-order valence-corrected chi connectivity index (χ4v) is 3.82. The molecule has 0 radical (unpaired) electrons. The summed E-state index contributed by atoms with van der Waals surface area (Å²) in [4.78, 5) is 25.2. The van der Waals surface area contributed by atoms with Crippen LogP contribution in [-0.4, -0.2) is 17.3 Å². The molecule has 2 atom stereocenters. The Kier molecular flexibility index (Phi) is 3.76. The quantitative estimate of drug-likeness (QED) is 0.784. The van der Waals surface area contributed by atoms with E-state index in [4.69, 9.17) is 10.5 Å². The van der Waals surface area contributed by atoms with Gasteiger partial charge in [0, 0.05) is 5.92 Å². The molecule has 26 heavy (non-hydrogen) atoms. The monoisotopic (exact) mass is 345 g/mol. The van der Waals surface area contributed by atoms with Gasteiger partial charge in [-0.15, -0.1) is 0 Å². The predicted molar refractivity (Wildman–Crippen MR) is 100 cm³/mol. The van der Waals surface area contributed by atoms with Crippen LogP contribution in [0.4, 0.5) is 0 Å². The fraction of sp³-hybridized carbons (Fsp3) is 0.182. The first-order valence-electron chi connectivity index (χ1n) is 8.62. The maximum Gasteiger partial charge on any atom is 0.262 e. The second-order valence-corrected chi connectivity index (χ2v) is 6.74. The summed E-state index contributed by atoms with van der Waals surface area (Å²) in [5.41, 5.74) is 5.81. The lowest BCUT2D eigenvalue weighted by Gasteiger charge is -2.40. The van der Waals surface area contributed by atoms with Crippen molar-refractivity contribution < 1.29 is 14.3 Å². The summed E-state index contributed by atoms with van der Waals surface area (Å²) in [6, 6.07) is 20.9. The molecule has 0 saturated carbocycles. The Bertz CT molecular complexity index is 1020. The molecule has 0 bridgehead atoms. The third-order valence-electron chi connectivity index (χ3n) is 5.31. The molecular weight excluding hydrogens is 326 g/mol. The van der Waals surface area contributed by atoms with Gasteiger partial charge < -0.3 is 10.5 Å². The normalized spacial score (nSPS) is 20.3. The van der Waals surface area contributed by atoms with E-state index in [0.29, 0.717) is 11.3 Å². The number of fused-ring (bicyclic) bond motifs is 2. The number of primary amides is 1. The molecule has 4 nitrogen and oxygen atoms in total. The number of amides is 1. The average molecular weight is 345 g/mol. The van der Waals surface area contributed by atoms with Crippen LogP contribution in [0.5, 0.6) is 5.75 Å². The number of hydrogen-bond donors (Lipinski definition) is 1. The molecule has 0 saturated heterocycles. The topological polar surface area (TPSA) is 69.4 Å². The molecule has 2 N–H and O–H groups in total. The molecule has 4 rings (SSSR count). The van der Waals surface area contributed by atoms with Gasteiger partial charge in [0.25, 0.3) is 5.91 Å². The fourth-order valence-electron chi connectivity index (χ4n) is 3.82. The third kappa shape index (κ3) is 2.37. The van der Waals surface area contributed by atoms with Gasteiger partial charge in [-0.05, 0) is 28.5 Å².